The van der Waals surface area contributed by atoms with E-state index < -0.39 is 26.9 Å². The second-order valence-corrected chi connectivity index (χ2v) is 8.92. The van der Waals surface area contributed by atoms with Crippen LogP contribution in [-0.4, -0.2) is 37.6 Å². The lowest BCUT2D eigenvalue weighted by Gasteiger charge is -2.30. The number of carbonyl (C=O) groups is 1. The van der Waals surface area contributed by atoms with E-state index in [4.69, 9.17) is 0 Å². The number of hydrogen-bond donors (Lipinski definition) is 1. The van der Waals surface area contributed by atoms with Crippen LogP contribution >= 0.6 is 0 Å². The van der Waals surface area contributed by atoms with Gasteiger partial charge < -0.3 is 5.32 Å². The van der Waals surface area contributed by atoms with Gasteiger partial charge in [-0.05, 0) is 25.8 Å². The van der Waals surface area contributed by atoms with Crippen LogP contribution in [0.1, 0.15) is 51.9 Å². The molecule has 2 rings (SSSR count). The molecule has 1 unspecified atom stereocenters. The van der Waals surface area contributed by atoms with Gasteiger partial charge in [0.2, 0.25) is 15.9 Å². The van der Waals surface area contributed by atoms with E-state index in [1.165, 1.54) is 37.6 Å². The minimum atomic E-state index is -3.81. The highest BCUT2D eigenvalue weighted by molar-refractivity contribution is 7.92. The maximum atomic E-state index is 12.7. The highest BCUT2D eigenvalue weighted by Gasteiger charge is 2.31. The molecule has 1 aromatic carbocycles. The number of nitro groups is 1. The molecule has 0 aromatic heterocycles. The molecule has 1 saturated carbocycles. The third kappa shape index (κ3) is 5.92. The zero-order valence-corrected chi connectivity index (χ0v) is 16.6. The van der Waals surface area contributed by atoms with Gasteiger partial charge in [-0.15, -0.1) is 0 Å². The lowest BCUT2D eigenvalue weighted by Crippen LogP contribution is -2.50. The summed E-state index contributed by atoms with van der Waals surface area (Å²) in [4.78, 5) is 23.2. The van der Waals surface area contributed by atoms with Gasteiger partial charge in [-0.3, -0.25) is 19.2 Å². The van der Waals surface area contributed by atoms with E-state index in [0.717, 1.165) is 49.1 Å². The van der Waals surface area contributed by atoms with Crippen molar-refractivity contribution in [2.75, 3.05) is 10.6 Å². The summed E-state index contributed by atoms with van der Waals surface area (Å²) in [5.74, 6) is -0.391. The molecular formula is C18H27N3O5S. The molecule has 1 fully saturated rings. The molecule has 0 aliphatic heterocycles. The summed E-state index contributed by atoms with van der Waals surface area (Å²) in [6.07, 6.45) is 8.34. The first-order valence-corrected chi connectivity index (χ1v) is 11.1. The minimum Gasteiger partial charge on any atom is -0.352 e. The van der Waals surface area contributed by atoms with Crippen molar-refractivity contribution in [3.05, 3.63) is 34.4 Å². The lowest BCUT2D eigenvalue weighted by molar-refractivity contribution is -0.384. The molecule has 150 valence electrons. The van der Waals surface area contributed by atoms with Crippen molar-refractivity contribution in [1.82, 2.24) is 5.32 Å². The van der Waals surface area contributed by atoms with Crippen molar-refractivity contribution in [2.45, 2.75) is 64.0 Å². The topological polar surface area (TPSA) is 110 Å². The van der Waals surface area contributed by atoms with E-state index in [1.54, 1.807) is 0 Å². The molecule has 27 heavy (non-hydrogen) atoms. The fourth-order valence-electron chi connectivity index (χ4n) is 3.47. The monoisotopic (exact) mass is 397 g/mol. The molecule has 8 nitrogen and oxygen atoms in total. The average molecular weight is 397 g/mol. The zero-order valence-electron chi connectivity index (χ0n) is 15.8. The number of carbonyl (C=O) groups excluding carboxylic acids is 1. The number of amides is 1. The number of nitro benzene ring substituents is 1. The van der Waals surface area contributed by atoms with Gasteiger partial charge in [0, 0.05) is 18.2 Å². The molecule has 9 heteroatoms. The summed E-state index contributed by atoms with van der Waals surface area (Å²) in [6, 6.07) is 4.34. The van der Waals surface area contributed by atoms with Crippen LogP contribution in [0.15, 0.2) is 24.3 Å². The highest BCUT2D eigenvalue weighted by atomic mass is 32.2. The number of anilines is 1. The third-order valence-electron chi connectivity index (χ3n) is 4.84. The smallest absolute Gasteiger partial charge is 0.271 e. The quantitative estimate of drug-likeness (QED) is 0.586. The van der Waals surface area contributed by atoms with Crippen LogP contribution in [0, 0.1) is 10.1 Å². The van der Waals surface area contributed by atoms with E-state index in [0.29, 0.717) is 0 Å². The predicted octanol–water partition coefficient (Wildman–Crippen LogP) is 2.98. The Labute approximate surface area is 160 Å². The molecule has 1 atom stereocenters. The highest BCUT2D eigenvalue weighted by Crippen LogP contribution is 2.25. The van der Waals surface area contributed by atoms with Crippen LogP contribution in [-0.2, 0) is 14.8 Å². The second-order valence-electron chi connectivity index (χ2n) is 7.06. The minimum absolute atomic E-state index is 0.0340. The van der Waals surface area contributed by atoms with Gasteiger partial charge in [-0.1, -0.05) is 38.2 Å². The van der Waals surface area contributed by atoms with Gasteiger partial charge in [0.15, 0.2) is 0 Å². The van der Waals surface area contributed by atoms with Gasteiger partial charge in [0.25, 0.3) is 5.69 Å². The van der Waals surface area contributed by atoms with Crippen molar-refractivity contribution in [3.63, 3.8) is 0 Å². The van der Waals surface area contributed by atoms with Gasteiger partial charge in [-0.25, -0.2) is 8.42 Å². The molecule has 1 aliphatic rings. The Kier molecular flexibility index (Phi) is 7.18. The number of sulfonamides is 1. The van der Waals surface area contributed by atoms with Gasteiger partial charge in [0.1, 0.15) is 6.04 Å². The molecule has 0 spiro atoms. The van der Waals surface area contributed by atoms with Crippen molar-refractivity contribution in [3.8, 4) is 0 Å². The summed E-state index contributed by atoms with van der Waals surface area (Å²) in [5, 5.41) is 14.0. The fourth-order valence-corrected chi connectivity index (χ4v) is 4.64. The molecule has 0 heterocycles. The summed E-state index contributed by atoms with van der Waals surface area (Å²) in [5.41, 5.74) is -0.124. The molecule has 0 radical (unpaired) electrons. The predicted molar refractivity (Wildman–Crippen MR) is 104 cm³/mol. The van der Waals surface area contributed by atoms with E-state index in [-0.39, 0.29) is 17.4 Å². The van der Waals surface area contributed by atoms with Gasteiger partial charge in [0.05, 0.1) is 16.9 Å². The number of benzene rings is 1. The Balaban J connectivity index is 2.21. The Bertz CT molecular complexity index is 773. The molecule has 1 aromatic rings. The van der Waals surface area contributed by atoms with Crippen LogP contribution in [0.4, 0.5) is 11.4 Å². The first kappa shape index (κ1) is 21.1. The van der Waals surface area contributed by atoms with E-state index in [1.807, 2.05) is 0 Å². The zero-order chi connectivity index (χ0) is 20.0. The van der Waals surface area contributed by atoms with E-state index >= 15 is 0 Å². The number of non-ortho nitro benzene ring substituents is 1. The molecule has 1 amide bonds. The Hall–Kier alpha value is -2.16. The Morgan fingerprint density at radius 2 is 1.81 bits per heavy atom. The molecule has 1 aliphatic carbocycles. The summed E-state index contributed by atoms with van der Waals surface area (Å²) in [7, 11) is -3.81. The number of nitrogens with zero attached hydrogens (tertiary/aromatic N) is 2. The van der Waals surface area contributed by atoms with Crippen LogP contribution in [0.25, 0.3) is 0 Å². The number of hydrogen-bond acceptors (Lipinski definition) is 5. The van der Waals surface area contributed by atoms with Crippen molar-refractivity contribution in [2.24, 2.45) is 0 Å². The van der Waals surface area contributed by atoms with Crippen molar-refractivity contribution >= 4 is 27.3 Å². The van der Waals surface area contributed by atoms with Crippen LogP contribution in [0.2, 0.25) is 0 Å². The molecule has 0 saturated heterocycles. The van der Waals surface area contributed by atoms with E-state index in [9.17, 15) is 23.3 Å². The molecule has 0 bridgehead atoms. The lowest BCUT2D eigenvalue weighted by atomic mass is 9.96. The summed E-state index contributed by atoms with van der Waals surface area (Å²) >= 11 is 0. The van der Waals surface area contributed by atoms with Crippen LogP contribution in [0.3, 0.4) is 0 Å². The first-order valence-electron chi connectivity index (χ1n) is 9.24. The SMILES string of the molecule is CC(C(=O)NC1CCCCCCC1)N(c1cccc([N+](=O)[O-])c1)S(C)(=O)=O. The number of rotatable bonds is 6. The second kappa shape index (κ2) is 9.16. The standard InChI is InChI=1S/C18H27N3O5S/c1-14(18(22)19-15-9-6-4-3-5-7-10-15)20(27(2,25)26)16-11-8-12-17(13-16)21(23)24/h8,11-15H,3-7,9-10H2,1-2H3,(H,19,22). The van der Waals surface area contributed by atoms with Crippen LogP contribution < -0.4 is 9.62 Å². The van der Waals surface area contributed by atoms with Crippen LogP contribution in [0.5, 0.6) is 0 Å². The Morgan fingerprint density at radius 3 is 2.37 bits per heavy atom. The van der Waals surface area contributed by atoms with Crippen molar-refractivity contribution in [1.29, 1.82) is 0 Å². The largest absolute Gasteiger partial charge is 0.352 e. The van der Waals surface area contributed by atoms with Crippen molar-refractivity contribution < 1.29 is 18.1 Å². The van der Waals surface area contributed by atoms with Gasteiger partial charge >= 0.3 is 0 Å². The first-order chi connectivity index (χ1) is 12.7. The average Bonchev–Trinajstić information content (AvgIpc) is 2.56. The molecule has 1 N–H and O–H groups in total. The van der Waals surface area contributed by atoms with E-state index in [2.05, 4.69) is 5.32 Å². The number of nitrogens with one attached hydrogen (secondary N) is 1. The normalized spacial score (nSPS) is 17.4. The summed E-state index contributed by atoms with van der Waals surface area (Å²) in [6.45, 7) is 1.50. The Morgan fingerprint density at radius 1 is 1.22 bits per heavy atom. The molecular weight excluding hydrogens is 370 g/mol. The third-order valence-corrected chi connectivity index (χ3v) is 6.08. The maximum absolute atomic E-state index is 12.7. The van der Waals surface area contributed by atoms with Gasteiger partial charge in [-0.2, -0.15) is 0 Å². The fraction of sp³-hybridized carbons (Fsp3) is 0.611. The maximum Gasteiger partial charge on any atom is 0.271 e. The summed E-state index contributed by atoms with van der Waals surface area (Å²) < 4.78 is 25.6.